The summed E-state index contributed by atoms with van der Waals surface area (Å²) in [7, 11) is 3.11. The van der Waals surface area contributed by atoms with Crippen LogP contribution >= 0.6 is 6.89 Å². The Bertz CT molecular complexity index is 1390. The van der Waals surface area contributed by atoms with E-state index in [9.17, 15) is 19.8 Å². The third-order valence-corrected chi connectivity index (χ3v) is 9.69. The number of piperazine rings is 1. The molecule has 42 heavy (non-hydrogen) atoms. The minimum atomic E-state index is -0.999. The summed E-state index contributed by atoms with van der Waals surface area (Å²) in [6, 6.07) is 8.27. The first kappa shape index (κ1) is 33.7. The van der Waals surface area contributed by atoms with Gasteiger partial charge in [-0.25, -0.2) is 4.79 Å². The van der Waals surface area contributed by atoms with Gasteiger partial charge < -0.3 is 29.9 Å². The zero-order valence-electron chi connectivity index (χ0n) is 26.6. The average molecular weight is 603 g/mol. The number of nitrogens with zero attached hydrogens (tertiary/aromatic N) is 5. The minimum Gasteiger partial charge on any atom is -0.395 e. The van der Waals surface area contributed by atoms with Crippen LogP contribution in [-0.4, -0.2) is 120 Å². The van der Waals surface area contributed by atoms with Gasteiger partial charge in [-0.2, -0.15) is 0 Å². The Morgan fingerprint density at radius 3 is 2.12 bits per heavy atom. The van der Waals surface area contributed by atoms with E-state index in [-0.39, 0.29) is 32.3 Å². The van der Waals surface area contributed by atoms with Gasteiger partial charge >= 0.3 is 5.69 Å². The van der Waals surface area contributed by atoms with E-state index < -0.39 is 18.1 Å². The van der Waals surface area contributed by atoms with Gasteiger partial charge in [0.1, 0.15) is 0 Å². The fourth-order valence-corrected chi connectivity index (χ4v) is 6.20. The molecule has 0 saturated carbocycles. The largest absolute Gasteiger partial charge is 0.395 e. The van der Waals surface area contributed by atoms with Crippen LogP contribution in [0.5, 0.6) is 0 Å². The molecule has 1 fully saturated rings. The molecule has 10 nitrogen and oxygen atoms in total. The van der Waals surface area contributed by atoms with Crippen LogP contribution in [0.2, 0.25) is 0 Å². The van der Waals surface area contributed by atoms with Crippen molar-refractivity contribution in [2.75, 3.05) is 88.7 Å². The molecule has 1 aliphatic rings. The molecule has 1 unspecified atom stereocenters. The molecule has 0 radical (unpaired) electrons. The maximum absolute atomic E-state index is 13.4. The minimum absolute atomic E-state index is 0.144. The Labute approximate surface area is 250 Å². The highest BCUT2D eigenvalue weighted by molar-refractivity contribution is 7.72. The SMILES string of the molecule is C=P(C)(C)CCN1CCN(c2ccc(NC(C)/C(C)=C(\c3c(C)n(C)c(=O)n(C)c3=O)N(CCO)CCO)cc2)CC1. The lowest BCUT2D eigenvalue weighted by atomic mass is 10.00. The fourth-order valence-electron chi connectivity index (χ4n) is 5.37. The first-order valence-electron chi connectivity index (χ1n) is 14.7. The highest BCUT2D eigenvalue weighted by Gasteiger charge is 2.25. The van der Waals surface area contributed by atoms with Gasteiger partial charge in [-0.1, -0.05) is 0 Å². The Kier molecular flexibility index (Phi) is 11.7. The second-order valence-corrected chi connectivity index (χ2v) is 16.4. The van der Waals surface area contributed by atoms with Crippen LogP contribution < -0.4 is 21.5 Å². The number of hydrogen-bond acceptors (Lipinski definition) is 8. The van der Waals surface area contributed by atoms with Crippen molar-refractivity contribution in [1.82, 2.24) is 18.9 Å². The van der Waals surface area contributed by atoms with Crippen LogP contribution in [0.1, 0.15) is 25.1 Å². The van der Waals surface area contributed by atoms with Crippen LogP contribution in [0.3, 0.4) is 0 Å². The third-order valence-electron chi connectivity index (χ3n) is 8.28. The van der Waals surface area contributed by atoms with E-state index in [0.717, 1.165) is 48.6 Å². The molecule has 11 heteroatoms. The number of hydrogen-bond donors (Lipinski definition) is 3. The molecule has 0 bridgehead atoms. The van der Waals surface area contributed by atoms with Gasteiger partial charge in [0.15, 0.2) is 0 Å². The van der Waals surface area contributed by atoms with Crippen molar-refractivity contribution in [3.8, 4) is 0 Å². The normalized spacial score (nSPS) is 15.9. The van der Waals surface area contributed by atoms with Crippen molar-refractivity contribution in [2.24, 2.45) is 14.1 Å². The molecule has 234 valence electrons. The van der Waals surface area contributed by atoms with Crippen molar-refractivity contribution in [3.05, 3.63) is 61.9 Å². The first-order chi connectivity index (χ1) is 19.8. The van der Waals surface area contributed by atoms with Gasteiger partial charge in [0.05, 0.1) is 24.5 Å². The van der Waals surface area contributed by atoms with E-state index in [1.165, 1.54) is 23.5 Å². The van der Waals surface area contributed by atoms with Crippen LogP contribution in [0.4, 0.5) is 11.4 Å². The highest BCUT2D eigenvalue weighted by atomic mass is 31.2. The van der Waals surface area contributed by atoms with Gasteiger partial charge in [0.25, 0.3) is 5.56 Å². The number of rotatable bonds is 13. The Morgan fingerprint density at radius 2 is 1.60 bits per heavy atom. The Hall–Kier alpha value is -2.78. The molecule has 0 aliphatic carbocycles. The van der Waals surface area contributed by atoms with E-state index in [2.05, 4.69) is 59.0 Å². The number of aliphatic hydroxyl groups is 2. The van der Waals surface area contributed by atoms with E-state index in [0.29, 0.717) is 17.0 Å². The molecular weight excluding hydrogens is 551 g/mol. The molecule has 2 heterocycles. The summed E-state index contributed by atoms with van der Waals surface area (Å²) < 4.78 is 2.56. The average Bonchev–Trinajstić information content (AvgIpc) is 2.96. The molecule has 0 amide bonds. The summed E-state index contributed by atoms with van der Waals surface area (Å²) in [5.41, 5.74) is 3.76. The van der Waals surface area contributed by atoms with Crippen LogP contribution in [-0.2, 0) is 14.1 Å². The van der Waals surface area contributed by atoms with Crippen molar-refractivity contribution >= 4 is 30.3 Å². The van der Waals surface area contributed by atoms with Gasteiger partial charge in [-0.3, -0.25) is 14.3 Å². The summed E-state index contributed by atoms with van der Waals surface area (Å²) in [6.45, 7) is 14.8. The predicted molar refractivity (Wildman–Crippen MR) is 179 cm³/mol. The molecule has 1 saturated heterocycles. The van der Waals surface area contributed by atoms with E-state index in [1.807, 2.05) is 18.7 Å². The maximum atomic E-state index is 13.4. The van der Waals surface area contributed by atoms with Gasteiger partial charge in [-0.15, -0.1) is 13.2 Å². The quantitative estimate of drug-likeness (QED) is 0.298. The number of aliphatic hydroxyl groups excluding tert-OH is 2. The molecule has 3 rings (SSSR count). The smallest absolute Gasteiger partial charge is 0.330 e. The third kappa shape index (κ3) is 8.19. The molecule has 1 aromatic carbocycles. The van der Waals surface area contributed by atoms with Crippen LogP contribution in [0.25, 0.3) is 5.70 Å². The summed E-state index contributed by atoms with van der Waals surface area (Å²) in [5, 5.41) is 23.2. The zero-order chi connectivity index (χ0) is 31.2. The first-order valence-corrected chi connectivity index (χ1v) is 17.8. The zero-order valence-corrected chi connectivity index (χ0v) is 27.5. The molecular formula is C31H51N6O4P. The summed E-state index contributed by atoms with van der Waals surface area (Å²) in [5.74, 6) is 0. The second-order valence-electron chi connectivity index (χ2n) is 12.0. The lowest BCUT2D eigenvalue weighted by Gasteiger charge is -2.36. The topological polar surface area (TPSA) is 106 Å². The molecule has 0 spiro atoms. The number of anilines is 2. The molecule has 2 aromatic rings. The monoisotopic (exact) mass is 602 g/mol. The van der Waals surface area contributed by atoms with Gasteiger partial charge in [0, 0.05) is 83.0 Å². The van der Waals surface area contributed by atoms with E-state index in [1.54, 1.807) is 14.0 Å². The molecule has 1 atom stereocenters. The van der Waals surface area contributed by atoms with Crippen molar-refractivity contribution in [3.63, 3.8) is 0 Å². The van der Waals surface area contributed by atoms with Crippen LogP contribution in [0.15, 0.2) is 39.4 Å². The fraction of sp³-hybridized carbons (Fsp3) is 0.581. The summed E-state index contributed by atoms with van der Waals surface area (Å²) in [4.78, 5) is 32.8. The summed E-state index contributed by atoms with van der Waals surface area (Å²) >= 11 is 0. The lowest BCUT2D eigenvalue weighted by Crippen LogP contribution is -2.47. The Balaban J connectivity index is 1.84. The highest BCUT2D eigenvalue weighted by Crippen LogP contribution is 2.34. The number of nitrogens with one attached hydrogen (secondary N) is 1. The Morgan fingerprint density at radius 1 is 1.02 bits per heavy atom. The second kappa shape index (κ2) is 14.6. The summed E-state index contributed by atoms with van der Waals surface area (Å²) in [6.07, 6.45) is 5.54. The maximum Gasteiger partial charge on any atom is 0.330 e. The lowest BCUT2D eigenvalue weighted by molar-refractivity contribution is 0.205. The predicted octanol–water partition coefficient (Wildman–Crippen LogP) is 1.74. The van der Waals surface area contributed by atoms with Gasteiger partial charge in [0.2, 0.25) is 0 Å². The van der Waals surface area contributed by atoms with Crippen molar-refractivity contribution < 1.29 is 10.2 Å². The molecule has 1 aromatic heterocycles. The van der Waals surface area contributed by atoms with Crippen LogP contribution in [0, 0.1) is 6.92 Å². The number of aromatic nitrogens is 2. The van der Waals surface area contributed by atoms with Crippen molar-refractivity contribution in [1.29, 1.82) is 0 Å². The standard InChI is InChI=1S/C31H51N6O4P/c1-23(29(37(17-20-38)18-21-39)28-25(3)33(4)31(41)34(5)30(28)40)24(2)32-26-9-11-27(12-10-26)36-15-13-35(14-16-36)19-22-42(6,7)8/h9-12,24,32,38-39H,6,13-22H2,1-5,7-8H3/b29-23+. The van der Waals surface area contributed by atoms with Crippen molar-refractivity contribution in [2.45, 2.75) is 26.8 Å². The molecule has 1 aliphatic heterocycles. The van der Waals surface area contributed by atoms with E-state index in [4.69, 9.17) is 0 Å². The van der Waals surface area contributed by atoms with Gasteiger partial charge in [-0.05, 0) is 70.1 Å². The number of benzene rings is 1. The van der Waals surface area contributed by atoms with E-state index >= 15 is 0 Å². The molecule has 3 N–H and O–H groups in total.